The fraction of sp³-hybridized carbons (Fsp3) is 0.261. The zero-order valence-electron chi connectivity index (χ0n) is 16.1. The van der Waals surface area contributed by atoms with Gasteiger partial charge in [0.25, 0.3) is 11.8 Å². The smallest absolute Gasteiger partial charge is 0.261 e. The molecule has 0 spiro atoms. The Morgan fingerprint density at radius 3 is 2.55 bits per heavy atom. The van der Waals surface area contributed by atoms with Crippen LogP contribution in [0.1, 0.15) is 44.0 Å². The van der Waals surface area contributed by atoms with Gasteiger partial charge in [-0.3, -0.25) is 19.3 Å². The largest absolute Gasteiger partial charge is 0.358 e. The maximum absolute atomic E-state index is 12.5. The van der Waals surface area contributed by atoms with E-state index in [0.29, 0.717) is 11.1 Å². The van der Waals surface area contributed by atoms with E-state index < -0.39 is 0 Å². The number of fused-ring (bicyclic) bond motifs is 4. The molecule has 146 valence electrons. The SMILES string of the molecule is Cc1ccc2[nH]c3c(c2c1)CC(NC(=O)CCN1C(=O)c2ccccc2C1=O)C3. The summed E-state index contributed by atoms with van der Waals surface area (Å²) in [6, 6.07) is 13.2. The van der Waals surface area contributed by atoms with Crippen molar-refractivity contribution in [2.45, 2.75) is 32.2 Å². The van der Waals surface area contributed by atoms with Crippen LogP contribution < -0.4 is 5.32 Å². The van der Waals surface area contributed by atoms with Crippen molar-refractivity contribution in [3.05, 3.63) is 70.4 Å². The number of imide groups is 1. The first-order chi connectivity index (χ1) is 14.0. The number of rotatable bonds is 4. The summed E-state index contributed by atoms with van der Waals surface area (Å²) in [7, 11) is 0. The van der Waals surface area contributed by atoms with Crippen LogP contribution in [0, 0.1) is 6.92 Å². The molecule has 2 N–H and O–H groups in total. The lowest BCUT2D eigenvalue weighted by molar-refractivity contribution is -0.121. The summed E-state index contributed by atoms with van der Waals surface area (Å²) >= 11 is 0. The van der Waals surface area contributed by atoms with E-state index in [1.807, 2.05) is 0 Å². The fourth-order valence-electron chi connectivity index (χ4n) is 4.45. The molecule has 1 unspecified atom stereocenters. The molecule has 1 atom stereocenters. The zero-order valence-corrected chi connectivity index (χ0v) is 16.1. The van der Waals surface area contributed by atoms with Crippen LogP contribution in [0.25, 0.3) is 10.9 Å². The summed E-state index contributed by atoms with van der Waals surface area (Å²) < 4.78 is 0. The normalized spacial score (nSPS) is 17.7. The van der Waals surface area contributed by atoms with E-state index in [1.165, 1.54) is 22.2 Å². The highest BCUT2D eigenvalue weighted by atomic mass is 16.2. The Morgan fingerprint density at radius 2 is 1.83 bits per heavy atom. The minimum Gasteiger partial charge on any atom is -0.358 e. The highest BCUT2D eigenvalue weighted by molar-refractivity contribution is 6.21. The lowest BCUT2D eigenvalue weighted by Gasteiger charge is -2.16. The molecule has 2 aromatic carbocycles. The van der Waals surface area contributed by atoms with Crippen molar-refractivity contribution in [2.24, 2.45) is 0 Å². The number of carbonyl (C=O) groups excluding carboxylic acids is 3. The molecule has 1 aromatic heterocycles. The Kier molecular flexibility index (Phi) is 4.01. The Hall–Kier alpha value is -3.41. The molecule has 0 bridgehead atoms. The summed E-state index contributed by atoms with van der Waals surface area (Å²) in [4.78, 5) is 41.9. The molecule has 3 aromatic rings. The van der Waals surface area contributed by atoms with E-state index in [-0.39, 0.29) is 36.7 Å². The number of aryl methyl sites for hydroxylation is 1. The second kappa shape index (κ2) is 6.58. The minimum atomic E-state index is -0.323. The molecule has 2 heterocycles. The number of hydrogen-bond acceptors (Lipinski definition) is 3. The van der Waals surface area contributed by atoms with Gasteiger partial charge in [-0.2, -0.15) is 0 Å². The number of H-pyrrole nitrogens is 1. The molecular weight excluding hydrogens is 366 g/mol. The molecule has 6 nitrogen and oxygen atoms in total. The number of nitrogens with zero attached hydrogens (tertiary/aromatic N) is 1. The first-order valence-corrected chi connectivity index (χ1v) is 9.86. The average Bonchev–Trinajstić information content (AvgIpc) is 3.31. The van der Waals surface area contributed by atoms with Crippen molar-refractivity contribution in [3.8, 4) is 0 Å². The van der Waals surface area contributed by atoms with Gasteiger partial charge >= 0.3 is 0 Å². The van der Waals surface area contributed by atoms with Crippen molar-refractivity contribution < 1.29 is 14.4 Å². The molecule has 0 fully saturated rings. The second-order valence-corrected chi connectivity index (χ2v) is 7.86. The molecule has 5 rings (SSSR count). The van der Waals surface area contributed by atoms with E-state index in [1.54, 1.807) is 24.3 Å². The van der Waals surface area contributed by atoms with E-state index in [0.717, 1.165) is 23.3 Å². The Bertz CT molecular complexity index is 1140. The third-order valence-corrected chi connectivity index (χ3v) is 5.86. The Labute approximate surface area is 167 Å². The van der Waals surface area contributed by atoms with Crippen LogP contribution in [-0.4, -0.2) is 40.2 Å². The summed E-state index contributed by atoms with van der Waals surface area (Å²) in [5.41, 5.74) is 5.62. The average molecular weight is 387 g/mol. The van der Waals surface area contributed by atoms with Crippen molar-refractivity contribution in [2.75, 3.05) is 6.54 Å². The van der Waals surface area contributed by atoms with Crippen molar-refractivity contribution in [1.82, 2.24) is 15.2 Å². The van der Waals surface area contributed by atoms with Gasteiger partial charge < -0.3 is 10.3 Å². The Morgan fingerprint density at radius 1 is 1.10 bits per heavy atom. The maximum Gasteiger partial charge on any atom is 0.261 e. The van der Waals surface area contributed by atoms with E-state index in [2.05, 4.69) is 35.4 Å². The van der Waals surface area contributed by atoms with Gasteiger partial charge in [-0.05, 0) is 43.2 Å². The van der Waals surface area contributed by atoms with Crippen LogP contribution in [0.5, 0.6) is 0 Å². The van der Waals surface area contributed by atoms with Gasteiger partial charge in [0.1, 0.15) is 0 Å². The standard InChI is InChI=1S/C23H21N3O3/c1-13-6-7-19-17(10-13)18-11-14(12-20(18)25-19)24-21(27)8-9-26-22(28)15-4-2-3-5-16(15)23(26)29/h2-7,10,14,25H,8-9,11-12H2,1H3,(H,24,27). The number of aromatic nitrogens is 1. The molecule has 3 amide bonds. The number of carbonyl (C=O) groups is 3. The highest BCUT2D eigenvalue weighted by Gasteiger charge is 2.35. The van der Waals surface area contributed by atoms with E-state index >= 15 is 0 Å². The van der Waals surface area contributed by atoms with Crippen LogP contribution in [0.4, 0.5) is 0 Å². The maximum atomic E-state index is 12.5. The summed E-state index contributed by atoms with van der Waals surface area (Å²) in [5.74, 6) is -0.788. The van der Waals surface area contributed by atoms with Crippen LogP contribution in [0.15, 0.2) is 42.5 Å². The Balaban J connectivity index is 1.21. The van der Waals surface area contributed by atoms with E-state index in [4.69, 9.17) is 0 Å². The predicted octanol–water partition coefficient (Wildman–Crippen LogP) is 2.75. The summed E-state index contributed by atoms with van der Waals surface area (Å²) in [5, 5.41) is 4.28. The van der Waals surface area contributed by atoms with Crippen molar-refractivity contribution >= 4 is 28.6 Å². The van der Waals surface area contributed by atoms with Crippen LogP contribution >= 0.6 is 0 Å². The van der Waals surface area contributed by atoms with Crippen LogP contribution in [0.2, 0.25) is 0 Å². The van der Waals surface area contributed by atoms with Gasteiger partial charge in [0.05, 0.1) is 11.1 Å². The minimum absolute atomic E-state index is 0.0378. The number of aromatic amines is 1. The molecule has 0 saturated heterocycles. The molecule has 2 aliphatic rings. The number of amides is 3. The lowest BCUT2D eigenvalue weighted by Crippen LogP contribution is -2.39. The fourth-order valence-corrected chi connectivity index (χ4v) is 4.45. The third-order valence-electron chi connectivity index (χ3n) is 5.86. The zero-order chi connectivity index (χ0) is 20.1. The summed E-state index contributed by atoms with van der Waals surface area (Å²) in [6.07, 6.45) is 1.66. The molecule has 1 aliphatic carbocycles. The molecule has 29 heavy (non-hydrogen) atoms. The van der Waals surface area contributed by atoms with Gasteiger partial charge in [-0.1, -0.05) is 23.8 Å². The van der Waals surface area contributed by atoms with E-state index in [9.17, 15) is 14.4 Å². The second-order valence-electron chi connectivity index (χ2n) is 7.86. The number of hydrogen-bond donors (Lipinski definition) is 2. The van der Waals surface area contributed by atoms with Gasteiger partial charge in [-0.15, -0.1) is 0 Å². The molecular formula is C23H21N3O3. The van der Waals surface area contributed by atoms with Crippen LogP contribution in [0.3, 0.4) is 0 Å². The molecule has 0 radical (unpaired) electrons. The van der Waals surface area contributed by atoms with Crippen LogP contribution in [-0.2, 0) is 17.6 Å². The number of nitrogens with one attached hydrogen (secondary N) is 2. The van der Waals surface area contributed by atoms with Gasteiger partial charge in [0.15, 0.2) is 0 Å². The lowest BCUT2D eigenvalue weighted by atomic mass is 10.1. The molecule has 1 aliphatic heterocycles. The number of benzene rings is 2. The molecule has 0 saturated carbocycles. The topological polar surface area (TPSA) is 82.3 Å². The van der Waals surface area contributed by atoms with Crippen molar-refractivity contribution in [3.63, 3.8) is 0 Å². The first kappa shape index (κ1) is 17.7. The van der Waals surface area contributed by atoms with Crippen molar-refractivity contribution in [1.29, 1.82) is 0 Å². The quantitative estimate of drug-likeness (QED) is 0.676. The molecule has 6 heteroatoms. The summed E-state index contributed by atoms with van der Waals surface area (Å²) in [6.45, 7) is 2.17. The van der Waals surface area contributed by atoms with Gasteiger partial charge in [0.2, 0.25) is 5.91 Å². The highest BCUT2D eigenvalue weighted by Crippen LogP contribution is 2.31. The van der Waals surface area contributed by atoms with Gasteiger partial charge in [-0.25, -0.2) is 0 Å². The first-order valence-electron chi connectivity index (χ1n) is 9.86. The third kappa shape index (κ3) is 2.92. The van der Waals surface area contributed by atoms with Gasteiger partial charge in [0, 0.05) is 42.0 Å². The monoisotopic (exact) mass is 387 g/mol. The predicted molar refractivity (Wildman–Crippen MR) is 109 cm³/mol.